The van der Waals surface area contributed by atoms with E-state index in [1.165, 1.54) is 12.8 Å². The van der Waals surface area contributed by atoms with Gasteiger partial charge in [0.1, 0.15) is 5.75 Å². The fourth-order valence-corrected chi connectivity index (χ4v) is 1.73. The Kier molecular flexibility index (Phi) is 5.07. The van der Waals surface area contributed by atoms with Gasteiger partial charge in [0.2, 0.25) is 0 Å². The number of hydrogen-bond acceptors (Lipinski definition) is 2. The molecular formula is C15H23N3O. The van der Waals surface area contributed by atoms with E-state index in [2.05, 4.69) is 17.2 Å². The fraction of sp³-hybridized carbons (Fsp3) is 0.533. The summed E-state index contributed by atoms with van der Waals surface area (Å²) in [4.78, 5) is 4.34. The summed E-state index contributed by atoms with van der Waals surface area (Å²) in [6.45, 7) is 3.52. The van der Waals surface area contributed by atoms with Crippen molar-refractivity contribution in [1.82, 2.24) is 5.32 Å². The quantitative estimate of drug-likeness (QED) is 0.450. The standard InChI is InChI=1S/C15H23N3O/c1-2-3-9-19-14-6-4-5-12(10-14)11-17-15(16)18-13-7-8-13/h4-6,10,13H,2-3,7-9,11H2,1H3,(H3,16,17,18). The summed E-state index contributed by atoms with van der Waals surface area (Å²) < 4.78 is 5.67. The number of ether oxygens (including phenoxy) is 1. The molecule has 0 spiro atoms. The molecule has 0 atom stereocenters. The van der Waals surface area contributed by atoms with Crippen molar-refractivity contribution in [3.63, 3.8) is 0 Å². The Morgan fingerprint density at radius 2 is 2.32 bits per heavy atom. The zero-order valence-corrected chi connectivity index (χ0v) is 11.6. The summed E-state index contributed by atoms with van der Waals surface area (Å²) in [6.07, 6.45) is 4.64. The van der Waals surface area contributed by atoms with Gasteiger partial charge in [0, 0.05) is 6.04 Å². The molecule has 104 valence electrons. The molecule has 3 N–H and O–H groups in total. The second kappa shape index (κ2) is 7.02. The molecule has 0 radical (unpaired) electrons. The molecule has 0 aliphatic heterocycles. The van der Waals surface area contributed by atoms with Crippen LogP contribution < -0.4 is 15.8 Å². The molecule has 0 saturated heterocycles. The maximum atomic E-state index is 5.81. The van der Waals surface area contributed by atoms with Gasteiger partial charge in [0.05, 0.1) is 13.2 Å². The predicted molar refractivity (Wildman–Crippen MR) is 78.3 cm³/mol. The van der Waals surface area contributed by atoms with Crippen LogP contribution in [0.25, 0.3) is 0 Å². The molecule has 4 nitrogen and oxygen atoms in total. The molecule has 1 aliphatic carbocycles. The largest absolute Gasteiger partial charge is 0.494 e. The van der Waals surface area contributed by atoms with E-state index >= 15 is 0 Å². The van der Waals surface area contributed by atoms with Crippen LogP contribution in [0, 0.1) is 0 Å². The summed E-state index contributed by atoms with van der Waals surface area (Å²) >= 11 is 0. The third-order valence-electron chi connectivity index (χ3n) is 3.03. The minimum atomic E-state index is 0.541. The van der Waals surface area contributed by atoms with Gasteiger partial charge in [0.15, 0.2) is 5.96 Å². The van der Waals surface area contributed by atoms with Crippen LogP contribution in [-0.2, 0) is 6.54 Å². The van der Waals surface area contributed by atoms with Gasteiger partial charge >= 0.3 is 0 Å². The van der Waals surface area contributed by atoms with Gasteiger partial charge in [-0.2, -0.15) is 0 Å². The number of rotatable bonds is 7. The maximum Gasteiger partial charge on any atom is 0.189 e. The summed E-state index contributed by atoms with van der Waals surface area (Å²) in [7, 11) is 0. The number of guanidine groups is 1. The lowest BCUT2D eigenvalue weighted by atomic mass is 10.2. The number of hydrogen-bond donors (Lipinski definition) is 2. The normalized spacial score (nSPS) is 15.3. The summed E-state index contributed by atoms with van der Waals surface area (Å²) in [5.41, 5.74) is 6.93. The highest BCUT2D eigenvalue weighted by atomic mass is 16.5. The van der Waals surface area contributed by atoms with Crippen LogP contribution in [0.15, 0.2) is 29.3 Å². The second-order valence-corrected chi connectivity index (χ2v) is 4.97. The number of benzene rings is 1. The van der Waals surface area contributed by atoms with Crippen molar-refractivity contribution in [3.05, 3.63) is 29.8 Å². The van der Waals surface area contributed by atoms with E-state index in [4.69, 9.17) is 10.5 Å². The Bertz CT molecular complexity index is 427. The van der Waals surface area contributed by atoms with Crippen LogP contribution in [0.1, 0.15) is 38.2 Å². The lowest BCUT2D eigenvalue weighted by Crippen LogP contribution is -2.33. The third-order valence-corrected chi connectivity index (χ3v) is 3.03. The van der Waals surface area contributed by atoms with E-state index < -0.39 is 0 Å². The Balaban J connectivity index is 1.83. The first-order chi connectivity index (χ1) is 9.28. The summed E-state index contributed by atoms with van der Waals surface area (Å²) in [5.74, 6) is 1.45. The van der Waals surface area contributed by atoms with Gasteiger partial charge in [-0.3, -0.25) is 0 Å². The average molecular weight is 261 g/mol. The monoisotopic (exact) mass is 261 g/mol. The zero-order chi connectivity index (χ0) is 13.5. The average Bonchev–Trinajstić information content (AvgIpc) is 3.21. The maximum absolute atomic E-state index is 5.81. The lowest BCUT2D eigenvalue weighted by Gasteiger charge is -2.07. The van der Waals surface area contributed by atoms with Crippen molar-refractivity contribution >= 4 is 5.96 Å². The van der Waals surface area contributed by atoms with Crippen LogP contribution in [0.4, 0.5) is 0 Å². The van der Waals surface area contributed by atoms with E-state index in [1.54, 1.807) is 0 Å². The van der Waals surface area contributed by atoms with Crippen molar-refractivity contribution in [1.29, 1.82) is 0 Å². The van der Waals surface area contributed by atoms with Crippen LogP contribution in [0.2, 0.25) is 0 Å². The molecule has 1 fully saturated rings. The highest BCUT2D eigenvalue weighted by Crippen LogP contribution is 2.18. The molecule has 0 amide bonds. The SMILES string of the molecule is CCCCOc1cccc(CN=C(N)NC2CC2)c1. The molecule has 1 aromatic rings. The van der Waals surface area contributed by atoms with Crippen molar-refractivity contribution in [3.8, 4) is 5.75 Å². The van der Waals surface area contributed by atoms with E-state index in [0.29, 0.717) is 18.5 Å². The van der Waals surface area contributed by atoms with E-state index in [9.17, 15) is 0 Å². The smallest absolute Gasteiger partial charge is 0.189 e. The Hall–Kier alpha value is -1.71. The van der Waals surface area contributed by atoms with Gasteiger partial charge in [-0.1, -0.05) is 25.5 Å². The first kappa shape index (κ1) is 13.7. The van der Waals surface area contributed by atoms with Crippen LogP contribution in [0.5, 0.6) is 5.75 Å². The molecule has 0 aromatic heterocycles. The van der Waals surface area contributed by atoms with Crippen LogP contribution in [0.3, 0.4) is 0 Å². The third kappa shape index (κ3) is 5.20. The van der Waals surface area contributed by atoms with E-state index in [-0.39, 0.29) is 0 Å². The predicted octanol–water partition coefficient (Wildman–Crippen LogP) is 2.43. The van der Waals surface area contributed by atoms with Gasteiger partial charge in [-0.15, -0.1) is 0 Å². The minimum absolute atomic E-state index is 0.541. The lowest BCUT2D eigenvalue weighted by molar-refractivity contribution is 0.309. The molecule has 19 heavy (non-hydrogen) atoms. The van der Waals surface area contributed by atoms with Gasteiger partial charge in [-0.25, -0.2) is 4.99 Å². The van der Waals surface area contributed by atoms with Crippen LogP contribution >= 0.6 is 0 Å². The molecular weight excluding hydrogens is 238 g/mol. The van der Waals surface area contributed by atoms with Crippen molar-refractivity contribution in [2.24, 2.45) is 10.7 Å². The topological polar surface area (TPSA) is 59.6 Å². The van der Waals surface area contributed by atoms with Crippen molar-refractivity contribution < 1.29 is 4.74 Å². The zero-order valence-electron chi connectivity index (χ0n) is 11.6. The number of nitrogens with two attached hydrogens (primary N) is 1. The molecule has 4 heteroatoms. The highest BCUT2D eigenvalue weighted by molar-refractivity contribution is 5.78. The molecule has 0 unspecified atom stereocenters. The van der Waals surface area contributed by atoms with E-state index in [1.807, 2.05) is 24.3 Å². The Morgan fingerprint density at radius 1 is 1.47 bits per heavy atom. The van der Waals surface area contributed by atoms with E-state index in [0.717, 1.165) is 30.8 Å². The molecule has 1 saturated carbocycles. The first-order valence-corrected chi connectivity index (χ1v) is 7.06. The molecule has 1 aromatic carbocycles. The number of aliphatic imine (C=N–C) groups is 1. The number of nitrogens with zero attached hydrogens (tertiary/aromatic N) is 1. The minimum Gasteiger partial charge on any atom is -0.494 e. The van der Waals surface area contributed by atoms with Gasteiger partial charge in [0.25, 0.3) is 0 Å². The Morgan fingerprint density at radius 3 is 3.05 bits per heavy atom. The number of nitrogens with one attached hydrogen (secondary N) is 1. The summed E-state index contributed by atoms with van der Waals surface area (Å²) in [6, 6.07) is 8.60. The number of unbranched alkanes of at least 4 members (excludes halogenated alkanes) is 1. The first-order valence-electron chi connectivity index (χ1n) is 7.06. The van der Waals surface area contributed by atoms with Gasteiger partial charge in [-0.05, 0) is 37.0 Å². The van der Waals surface area contributed by atoms with Crippen molar-refractivity contribution in [2.75, 3.05) is 6.61 Å². The second-order valence-electron chi connectivity index (χ2n) is 4.97. The molecule has 0 heterocycles. The summed E-state index contributed by atoms with van der Waals surface area (Å²) in [5, 5.41) is 3.18. The molecule has 2 rings (SSSR count). The molecule has 1 aliphatic rings. The molecule has 0 bridgehead atoms. The van der Waals surface area contributed by atoms with Crippen LogP contribution in [-0.4, -0.2) is 18.6 Å². The Labute approximate surface area is 115 Å². The fourth-order valence-electron chi connectivity index (χ4n) is 1.73. The van der Waals surface area contributed by atoms with Crippen molar-refractivity contribution in [2.45, 2.75) is 45.2 Å². The van der Waals surface area contributed by atoms with Gasteiger partial charge < -0.3 is 15.8 Å². The highest BCUT2D eigenvalue weighted by Gasteiger charge is 2.21.